The normalized spacial score (nSPS) is 12.0. The largest absolute Gasteiger partial charge is 0.481 e. The van der Waals surface area contributed by atoms with E-state index in [0.29, 0.717) is 12.1 Å². The van der Waals surface area contributed by atoms with Crippen molar-refractivity contribution >= 4 is 28.3 Å². The molecule has 22 heavy (non-hydrogen) atoms. The van der Waals surface area contributed by atoms with Crippen LogP contribution in [-0.2, 0) is 9.53 Å². The first-order chi connectivity index (χ1) is 10.3. The van der Waals surface area contributed by atoms with Crippen molar-refractivity contribution in [3.8, 4) is 0 Å². The van der Waals surface area contributed by atoms with E-state index < -0.39 is 11.9 Å². The number of hydrogen-bond acceptors (Lipinski definition) is 5. The maximum absolute atomic E-state index is 12.1. The predicted octanol–water partition coefficient (Wildman–Crippen LogP) is 3.48. The van der Waals surface area contributed by atoms with Gasteiger partial charge in [-0.05, 0) is 25.8 Å². The Bertz CT molecular complexity index is 538. The third kappa shape index (κ3) is 4.22. The van der Waals surface area contributed by atoms with Crippen molar-refractivity contribution < 1.29 is 19.4 Å². The SMILES string of the molecule is CCCCN(CC(C)C(=O)O)c1sc(C)c(C)c1C(=O)OC. The van der Waals surface area contributed by atoms with Crippen LogP contribution in [0.4, 0.5) is 5.00 Å². The molecule has 1 unspecified atom stereocenters. The second-order valence-electron chi connectivity index (χ2n) is 5.49. The van der Waals surface area contributed by atoms with Gasteiger partial charge in [-0.25, -0.2) is 4.79 Å². The Kier molecular flexibility index (Phi) is 6.87. The minimum absolute atomic E-state index is 0.360. The lowest BCUT2D eigenvalue weighted by Crippen LogP contribution is -2.33. The molecule has 1 aromatic rings. The van der Waals surface area contributed by atoms with Gasteiger partial charge in [0.15, 0.2) is 0 Å². The Labute approximate surface area is 135 Å². The van der Waals surface area contributed by atoms with Gasteiger partial charge in [-0.3, -0.25) is 4.79 Å². The third-order valence-electron chi connectivity index (χ3n) is 3.74. The van der Waals surface area contributed by atoms with Gasteiger partial charge in [0.25, 0.3) is 0 Å². The first-order valence-corrected chi connectivity index (χ1v) is 8.31. The quantitative estimate of drug-likeness (QED) is 0.740. The molecule has 0 amide bonds. The smallest absolute Gasteiger partial charge is 0.341 e. The Morgan fingerprint density at radius 1 is 1.36 bits per heavy atom. The zero-order valence-corrected chi connectivity index (χ0v) is 14.7. The highest BCUT2D eigenvalue weighted by molar-refractivity contribution is 7.16. The van der Waals surface area contributed by atoms with Crippen LogP contribution in [0.25, 0.3) is 0 Å². The number of carboxylic acids is 1. The van der Waals surface area contributed by atoms with Crippen LogP contribution in [0.15, 0.2) is 0 Å². The lowest BCUT2D eigenvalue weighted by Gasteiger charge is -2.26. The number of nitrogens with zero attached hydrogens (tertiary/aromatic N) is 1. The van der Waals surface area contributed by atoms with Crippen LogP contribution in [0.3, 0.4) is 0 Å². The van der Waals surface area contributed by atoms with E-state index in [-0.39, 0.29) is 5.97 Å². The topological polar surface area (TPSA) is 66.8 Å². The number of ether oxygens (including phenoxy) is 1. The lowest BCUT2D eigenvalue weighted by molar-refractivity contribution is -0.140. The average molecular weight is 327 g/mol. The molecule has 0 radical (unpaired) electrons. The fourth-order valence-corrected chi connectivity index (χ4v) is 3.39. The fraction of sp³-hybridized carbons (Fsp3) is 0.625. The van der Waals surface area contributed by atoms with Crippen LogP contribution in [-0.4, -0.2) is 37.2 Å². The van der Waals surface area contributed by atoms with Crippen LogP contribution in [0.1, 0.15) is 47.5 Å². The summed E-state index contributed by atoms with van der Waals surface area (Å²) in [7, 11) is 1.37. The van der Waals surface area contributed by atoms with Gasteiger partial charge in [0.1, 0.15) is 5.00 Å². The number of methoxy groups -OCH3 is 1. The summed E-state index contributed by atoms with van der Waals surface area (Å²) in [6.07, 6.45) is 1.96. The summed E-state index contributed by atoms with van der Waals surface area (Å²) < 4.78 is 4.90. The minimum atomic E-state index is -0.828. The van der Waals surface area contributed by atoms with Gasteiger partial charge in [-0.2, -0.15) is 0 Å². The van der Waals surface area contributed by atoms with Crippen LogP contribution < -0.4 is 4.90 Å². The minimum Gasteiger partial charge on any atom is -0.481 e. The first-order valence-electron chi connectivity index (χ1n) is 7.49. The molecule has 0 spiro atoms. The molecule has 124 valence electrons. The van der Waals surface area contributed by atoms with Gasteiger partial charge in [-0.1, -0.05) is 20.3 Å². The number of aryl methyl sites for hydroxylation is 1. The molecule has 0 aliphatic heterocycles. The number of carboxylic acid groups (broad SMARTS) is 1. The van der Waals surface area contributed by atoms with E-state index in [1.165, 1.54) is 18.4 Å². The highest BCUT2D eigenvalue weighted by Gasteiger charge is 2.26. The molecule has 1 aromatic heterocycles. The Hall–Kier alpha value is -1.56. The molecule has 0 aromatic carbocycles. The molecular weight excluding hydrogens is 302 g/mol. The zero-order valence-electron chi connectivity index (χ0n) is 13.9. The predicted molar refractivity (Wildman–Crippen MR) is 89.1 cm³/mol. The molecule has 6 heteroatoms. The fourth-order valence-electron chi connectivity index (χ4n) is 2.21. The number of thiophene rings is 1. The highest BCUT2D eigenvalue weighted by atomic mass is 32.1. The second kappa shape index (κ2) is 8.17. The number of unbranched alkanes of at least 4 members (excludes halogenated alkanes) is 1. The first kappa shape index (κ1) is 18.5. The maximum atomic E-state index is 12.1. The average Bonchev–Trinajstić information content (AvgIpc) is 2.78. The molecule has 1 heterocycles. The van der Waals surface area contributed by atoms with Crippen molar-refractivity contribution in [2.24, 2.45) is 5.92 Å². The summed E-state index contributed by atoms with van der Waals surface area (Å²) in [5.74, 6) is -1.68. The van der Waals surface area contributed by atoms with Crippen molar-refractivity contribution in [3.05, 3.63) is 16.0 Å². The molecule has 5 nitrogen and oxygen atoms in total. The molecule has 0 aliphatic rings. The van der Waals surface area contributed by atoms with Gasteiger partial charge in [0, 0.05) is 18.0 Å². The molecular formula is C16H25NO4S. The summed E-state index contributed by atoms with van der Waals surface area (Å²) in [6, 6.07) is 0. The molecule has 0 aliphatic carbocycles. The van der Waals surface area contributed by atoms with E-state index in [1.54, 1.807) is 6.92 Å². The molecule has 0 fully saturated rings. The van der Waals surface area contributed by atoms with Crippen LogP contribution >= 0.6 is 11.3 Å². The molecule has 0 saturated heterocycles. The van der Waals surface area contributed by atoms with E-state index in [4.69, 9.17) is 4.74 Å². The second-order valence-corrected chi connectivity index (χ2v) is 6.70. The summed E-state index contributed by atoms with van der Waals surface area (Å²) >= 11 is 1.53. The Morgan fingerprint density at radius 2 is 2.00 bits per heavy atom. The summed E-state index contributed by atoms with van der Waals surface area (Å²) in [5, 5.41) is 10.00. The third-order valence-corrected chi connectivity index (χ3v) is 5.01. The van der Waals surface area contributed by atoms with E-state index >= 15 is 0 Å². The monoisotopic (exact) mass is 327 g/mol. The molecule has 1 N–H and O–H groups in total. The number of carbonyl (C=O) groups excluding carboxylic acids is 1. The lowest BCUT2D eigenvalue weighted by atomic mass is 10.1. The number of rotatable bonds is 8. The van der Waals surface area contributed by atoms with Gasteiger partial charge >= 0.3 is 11.9 Å². The van der Waals surface area contributed by atoms with Crippen molar-refractivity contribution in [3.63, 3.8) is 0 Å². The van der Waals surface area contributed by atoms with Gasteiger partial charge in [0.2, 0.25) is 0 Å². The number of esters is 1. The van der Waals surface area contributed by atoms with E-state index in [9.17, 15) is 14.7 Å². The van der Waals surface area contributed by atoms with E-state index in [2.05, 4.69) is 6.92 Å². The highest BCUT2D eigenvalue weighted by Crippen LogP contribution is 2.36. The van der Waals surface area contributed by atoms with Crippen LogP contribution in [0.2, 0.25) is 0 Å². The van der Waals surface area contributed by atoms with E-state index in [1.807, 2.05) is 18.7 Å². The summed E-state index contributed by atoms with van der Waals surface area (Å²) in [4.78, 5) is 26.3. The molecule has 1 rings (SSSR count). The molecule has 0 saturated carbocycles. The summed E-state index contributed by atoms with van der Waals surface area (Å²) in [6.45, 7) is 8.77. The van der Waals surface area contributed by atoms with Gasteiger partial charge in [0.05, 0.1) is 18.6 Å². The molecule has 1 atom stereocenters. The van der Waals surface area contributed by atoms with Crippen molar-refractivity contribution in [2.75, 3.05) is 25.1 Å². The maximum Gasteiger partial charge on any atom is 0.341 e. The summed E-state index contributed by atoms with van der Waals surface area (Å²) in [5.41, 5.74) is 1.48. The van der Waals surface area contributed by atoms with Crippen LogP contribution in [0, 0.1) is 19.8 Å². The number of aliphatic carboxylic acids is 1. The Balaban J connectivity index is 3.20. The van der Waals surface area contributed by atoms with Crippen molar-refractivity contribution in [1.82, 2.24) is 0 Å². The van der Waals surface area contributed by atoms with Crippen LogP contribution in [0.5, 0.6) is 0 Å². The number of anilines is 1. The Morgan fingerprint density at radius 3 is 2.50 bits per heavy atom. The van der Waals surface area contributed by atoms with Gasteiger partial charge in [-0.15, -0.1) is 11.3 Å². The van der Waals surface area contributed by atoms with Crippen molar-refractivity contribution in [1.29, 1.82) is 0 Å². The van der Waals surface area contributed by atoms with Gasteiger partial charge < -0.3 is 14.7 Å². The zero-order chi connectivity index (χ0) is 16.9. The number of hydrogen-bond donors (Lipinski definition) is 1. The number of carbonyl (C=O) groups is 2. The molecule has 0 bridgehead atoms. The van der Waals surface area contributed by atoms with E-state index in [0.717, 1.165) is 34.8 Å². The van der Waals surface area contributed by atoms with Crippen molar-refractivity contribution in [2.45, 2.75) is 40.5 Å². The standard InChI is InChI=1S/C16H25NO4S/c1-6-7-8-17(9-10(2)15(18)19)14-13(16(20)21-5)11(3)12(4)22-14/h10H,6-9H2,1-5H3,(H,18,19).